The average Bonchev–Trinajstić information content (AvgIpc) is 3.42. The first-order chi connectivity index (χ1) is 14.2. The first-order valence-electron chi connectivity index (χ1n) is 9.46. The number of nitrogens with zero attached hydrogens (tertiary/aromatic N) is 5. The number of ether oxygens (including phenoxy) is 3. The van der Waals surface area contributed by atoms with Crippen LogP contribution in [0.2, 0.25) is 0 Å². The number of anilines is 1. The van der Waals surface area contributed by atoms with Crippen LogP contribution in [-0.2, 0) is 6.61 Å². The third-order valence-electron chi connectivity index (χ3n) is 4.96. The Balaban J connectivity index is 1.47. The molecular weight excluding hydrogens is 390 g/mol. The Hall–Kier alpha value is -2.78. The van der Waals surface area contributed by atoms with E-state index >= 15 is 0 Å². The Morgan fingerprint density at radius 1 is 0.966 bits per heavy atom. The molecule has 0 saturated carbocycles. The number of likely N-dealkylation sites (N-methyl/N-ethyl adjacent to an activating group) is 1. The van der Waals surface area contributed by atoms with Crippen molar-refractivity contribution < 1.29 is 14.2 Å². The summed E-state index contributed by atoms with van der Waals surface area (Å²) in [6.45, 7) is 4.43. The fourth-order valence-electron chi connectivity index (χ4n) is 3.20. The van der Waals surface area contributed by atoms with Crippen LogP contribution >= 0.6 is 11.3 Å². The second kappa shape index (κ2) is 8.71. The van der Waals surface area contributed by atoms with Crippen LogP contribution in [-0.4, -0.2) is 67.1 Å². The lowest BCUT2D eigenvalue weighted by atomic mass is 10.3. The molecule has 3 aromatic rings. The Bertz CT molecular complexity index is 949. The predicted octanol–water partition coefficient (Wildman–Crippen LogP) is 2.68. The van der Waals surface area contributed by atoms with E-state index in [4.69, 9.17) is 14.2 Å². The van der Waals surface area contributed by atoms with Gasteiger partial charge in [0.2, 0.25) is 10.3 Å². The minimum atomic E-state index is 0.388. The number of methoxy groups -OCH3 is 2. The first-order valence-corrected chi connectivity index (χ1v) is 10.3. The van der Waals surface area contributed by atoms with Crippen molar-refractivity contribution in [3.8, 4) is 22.4 Å². The van der Waals surface area contributed by atoms with Gasteiger partial charge in [0.1, 0.15) is 12.4 Å². The molecular formula is C20H25N5O3S. The van der Waals surface area contributed by atoms with Crippen LogP contribution in [0.3, 0.4) is 0 Å². The van der Waals surface area contributed by atoms with Crippen molar-refractivity contribution in [2.75, 3.05) is 52.3 Å². The van der Waals surface area contributed by atoms with Gasteiger partial charge in [0.25, 0.3) is 0 Å². The Labute approximate surface area is 174 Å². The Morgan fingerprint density at radius 3 is 2.52 bits per heavy atom. The van der Waals surface area contributed by atoms with E-state index in [1.54, 1.807) is 31.6 Å². The first kappa shape index (κ1) is 19.5. The molecule has 0 atom stereocenters. The van der Waals surface area contributed by atoms with Crippen LogP contribution in [0.1, 0.15) is 5.69 Å². The standard InChI is InChI=1S/C20H25N5O3S/c1-23-9-11-24(12-10-23)19-21-22-20(29-19)25-8-4-5-15(25)14-28-17-7-6-16(26-2)13-18(17)27-3/h4-8,13H,9-12,14H2,1-3H3. The van der Waals surface area contributed by atoms with Gasteiger partial charge in [-0.15, -0.1) is 10.2 Å². The van der Waals surface area contributed by atoms with Gasteiger partial charge < -0.3 is 24.0 Å². The summed E-state index contributed by atoms with van der Waals surface area (Å²) in [5.41, 5.74) is 0.990. The highest BCUT2D eigenvalue weighted by atomic mass is 32.1. The average molecular weight is 416 g/mol. The molecule has 1 aliphatic heterocycles. The second-order valence-electron chi connectivity index (χ2n) is 6.83. The highest BCUT2D eigenvalue weighted by molar-refractivity contribution is 7.17. The molecule has 1 aliphatic rings. The van der Waals surface area contributed by atoms with Crippen molar-refractivity contribution in [2.24, 2.45) is 0 Å². The number of hydrogen-bond acceptors (Lipinski definition) is 8. The minimum absolute atomic E-state index is 0.388. The second-order valence-corrected chi connectivity index (χ2v) is 7.77. The maximum absolute atomic E-state index is 6.01. The third-order valence-corrected chi connectivity index (χ3v) is 5.95. The van der Waals surface area contributed by atoms with Crippen molar-refractivity contribution in [1.29, 1.82) is 0 Å². The maximum Gasteiger partial charge on any atom is 0.218 e. The highest BCUT2D eigenvalue weighted by Gasteiger charge is 2.19. The number of hydrogen-bond donors (Lipinski definition) is 0. The number of rotatable bonds is 7. The Kier molecular flexibility index (Phi) is 5.86. The number of aromatic nitrogens is 3. The lowest BCUT2D eigenvalue weighted by molar-refractivity contribution is 0.277. The molecule has 154 valence electrons. The molecule has 0 spiro atoms. The van der Waals surface area contributed by atoms with Gasteiger partial charge in [-0.2, -0.15) is 0 Å². The summed E-state index contributed by atoms with van der Waals surface area (Å²) in [5, 5.41) is 10.6. The van der Waals surface area contributed by atoms with Crippen LogP contribution in [0.25, 0.3) is 5.13 Å². The molecule has 0 bridgehead atoms. The van der Waals surface area contributed by atoms with E-state index < -0.39 is 0 Å². The van der Waals surface area contributed by atoms with Crippen LogP contribution in [0.5, 0.6) is 17.2 Å². The molecule has 8 nitrogen and oxygen atoms in total. The SMILES string of the molecule is COc1ccc(OCc2cccn2-c2nnc(N3CCN(C)CC3)s2)c(OC)c1. The fraction of sp³-hybridized carbons (Fsp3) is 0.400. The van der Waals surface area contributed by atoms with E-state index in [9.17, 15) is 0 Å². The van der Waals surface area contributed by atoms with Gasteiger partial charge in [0, 0.05) is 38.4 Å². The summed E-state index contributed by atoms with van der Waals surface area (Å²) in [6.07, 6.45) is 1.98. The van der Waals surface area contributed by atoms with Crippen molar-refractivity contribution in [2.45, 2.75) is 6.61 Å². The zero-order valence-corrected chi connectivity index (χ0v) is 17.7. The smallest absolute Gasteiger partial charge is 0.218 e. The van der Waals surface area contributed by atoms with Gasteiger partial charge in [0.05, 0.1) is 19.9 Å². The summed E-state index contributed by atoms with van der Waals surface area (Å²) >= 11 is 1.60. The summed E-state index contributed by atoms with van der Waals surface area (Å²) in [5.74, 6) is 2.02. The molecule has 0 radical (unpaired) electrons. The van der Waals surface area contributed by atoms with Crippen molar-refractivity contribution in [3.63, 3.8) is 0 Å². The molecule has 1 aromatic carbocycles. The van der Waals surface area contributed by atoms with E-state index in [0.717, 1.165) is 47.9 Å². The van der Waals surface area contributed by atoms with Gasteiger partial charge >= 0.3 is 0 Å². The lowest BCUT2D eigenvalue weighted by Gasteiger charge is -2.31. The molecule has 0 aliphatic carbocycles. The molecule has 1 fully saturated rings. The molecule has 0 unspecified atom stereocenters. The quantitative estimate of drug-likeness (QED) is 0.588. The summed E-state index contributed by atoms with van der Waals surface area (Å²) in [4.78, 5) is 4.62. The third kappa shape index (κ3) is 4.30. The van der Waals surface area contributed by atoms with E-state index in [0.29, 0.717) is 18.1 Å². The molecule has 0 N–H and O–H groups in total. The lowest BCUT2D eigenvalue weighted by Crippen LogP contribution is -2.44. The van der Waals surface area contributed by atoms with E-state index in [-0.39, 0.29) is 0 Å². The number of benzene rings is 1. The van der Waals surface area contributed by atoms with Gasteiger partial charge in [-0.3, -0.25) is 4.57 Å². The van der Waals surface area contributed by atoms with E-state index in [2.05, 4.69) is 27.0 Å². The summed E-state index contributed by atoms with van der Waals surface area (Å²) in [6, 6.07) is 9.51. The van der Waals surface area contributed by atoms with Crippen LogP contribution in [0.15, 0.2) is 36.5 Å². The molecule has 9 heteroatoms. The topological polar surface area (TPSA) is 64.9 Å². The zero-order chi connectivity index (χ0) is 20.2. The highest BCUT2D eigenvalue weighted by Crippen LogP contribution is 2.32. The molecule has 3 heterocycles. The van der Waals surface area contributed by atoms with Gasteiger partial charge in [-0.25, -0.2) is 0 Å². The largest absolute Gasteiger partial charge is 0.497 e. The van der Waals surface area contributed by atoms with Gasteiger partial charge in [0.15, 0.2) is 11.5 Å². The van der Waals surface area contributed by atoms with Crippen molar-refractivity contribution >= 4 is 16.5 Å². The van der Waals surface area contributed by atoms with Gasteiger partial charge in [-0.1, -0.05) is 11.3 Å². The van der Waals surface area contributed by atoms with Crippen LogP contribution in [0, 0.1) is 0 Å². The number of piperazine rings is 1. The summed E-state index contributed by atoms with van der Waals surface area (Å²) < 4.78 is 18.7. The zero-order valence-electron chi connectivity index (χ0n) is 16.9. The predicted molar refractivity (Wildman–Crippen MR) is 113 cm³/mol. The maximum atomic E-state index is 6.01. The molecule has 29 heavy (non-hydrogen) atoms. The minimum Gasteiger partial charge on any atom is -0.497 e. The van der Waals surface area contributed by atoms with Gasteiger partial charge in [-0.05, 0) is 31.3 Å². The van der Waals surface area contributed by atoms with Crippen LogP contribution in [0.4, 0.5) is 5.13 Å². The molecule has 2 aromatic heterocycles. The fourth-order valence-corrected chi connectivity index (χ4v) is 4.11. The summed E-state index contributed by atoms with van der Waals surface area (Å²) in [7, 11) is 5.39. The monoisotopic (exact) mass is 415 g/mol. The van der Waals surface area contributed by atoms with Crippen molar-refractivity contribution in [3.05, 3.63) is 42.2 Å². The van der Waals surface area contributed by atoms with Crippen molar-refractivity contribution in [1.82, 2.24) is 19.7 Å². The van der Waals surface area contributed by atoms with Crippen LogP contribution < -0.4 is 19.1 Å². The van der Waals surface area contributed by atoms with E-state index in [1.165, 1.54) is 0 Å². The molecule has 1 saturated heterocycles. The normalized spacial score (nSPS) is 14.8. The van der Waals surface area contributed by atoms with E-state index in [1.807, 2.05) is 35.0 Å². The molecule has 4 rings (SSSR count). The molecule has 0 amide bonds. The Morgan fingerprint density at radius 2 is 1.76 bits per heavy atom.